The molecule has 0 saturated carbocycles. The molecule has 4 heteroatoms. The van der Waals surface area contributed by atoms with Gasteiger partial charge in [-0.25, -0.2) is 9.97 Å². The minimum atomic E-state index is 0.593. The molecular formula is C13H11N3O. The number of fused-ring (bicyclic) bond motifs is 1. The zero-order valence-corrected chi connectivity index (χ0v) is 9.37. The van der Waals surface area contributed by atoms with Crippen LogP contribution in [0.4, 0.5) is 0 Å². The molecule has 0 amide bonds. The topological polar surface area (TPSA) is 39.4 Å². The van der Waals surface area contributed by atoms with E-state index in [0.717, 1.165) is 16.9 Å². The Balaban J connectivity index is 2.20. The number of ether oxygens (including phenoxy) is 1. The second-order valence-electron chi connectivity index (χ2n) is 3.65. The van der Waals surface area contributed by atoms with Crippen molar-refractivity contribution in [1.29, 1.82) is 0 Å². The summed E-state index contributed by atoms with van der Waals surface area (Å²) < 4.78 is 7.21. The van der Waals surface area contributed by atoms with Crippen LogP contribution in [0.15, 0.2) is 48.9 Å². The molecule has 3 aromatic heterocycles. The number of rotatable bonds is 2. The summed E-state index contributed by atoms with van der Waals surface area (Å²) in [5.74, 6) is 0.593. The van der Waals surface area contributed by atoms with Crippen molar-refractivity contribution in [3.63, 3.8) is 0 Å². The zero-order valence-electron chi connectivity index (χ0n) is 9.37. The molecule has 0 aliphatic rings. The Morgan fingerprint density at radius 3 is 2.94 bits per heavy atom. The molecule has 3 rings (SSSR count). The molecule has 0 saturated heterocycles. The lowest BCUT2D eigenvalue weighted by Gasteiger charge is -2.02. The van der Waals surface area contributed by atoms with Crippen LogP contribution >= 0.6 is 0 Å². The van der Waals surface area contributed by atoms with E-state index in [9.17, 15) is 0 Å². The largest absolute Gasteiger partial charge is 0.481 e. The number of imidazole rings is 1. The van der Waals surface area contributed by atoms with Crippen molar-refractivity contribution in [3.8, 4) is 17.1 Å². The van der Waals surface area contributed by atoms with Gasteiger partial charge in [0, 0.05) is 18.6 Å². The number of methoxy groups -OCH3 is 1. The predicted octanol–water partition coefficient (Wildman–Crippen LogP) is 2.40. The third-order valence-corrected chi connectivity index (χ3v) is 2.60. The minimum absolute atomic E-state index is 0.593. The van der Waals surface area contributed by atoms with Crippen LogP contribution in [-0.4, -0.2) is 21.5 Å². The molecule has 0 aliphatic carbocycles. The van der Waals surface area contributed by atoms with E-state index in [4.69, 9.17) is 4.74 Å². The van der Waals surface area contributed by atoms with Gasteiger partial charge in [-0.15, -0.1) is 0 Å². The van der Waals surface area contributed by atoms with Crippen molar-refractivity contribution in [2.45, 2.75) is 0 Å². The maximum Gasteiger partial charge on any atom is 0.222 e. The van der Waals surface area contributed by atoms with Crippen LogP contribution in [0.1, 0.15) is 0 Å². The molecule has 0 bridgehead atoms. The average molecular weight is 225 g/mol. The Bertz CT molecular complexity index is 627. The highest BCUT2D eigenvalue weighted by Crippen LogP contribution is 2.26. The van der Waals surface area contributed by atoms with Gasteiger partial charge in [-0.2, -0.15) is 0 Å². The van der Waals surface area contributed by atoms with E-state index >= 15 is 0 Å². The van der Waals surface area contributed by atoms with Gasteiger partial charge >= 0.3 is 0 Å². The first-order chi connectivity index (χ1) is 8.38. The van der Waals surface area contributed by atoms with Crippen LogP contribution in [0.3, 0.4) is 0 Å². The summed E-state index contributed by atoms with van der Waals surface area (Å²) in [6.07, 6.45) is 5.64. The van der Waals surface area contributed by atoms with Crippen molar-refractivity contribution < 1.29 is 4.74 Å². The SMILES string of the molecule is COc1ncccc1-c1cn2ccccc2n1. The Morgan fingerprint density at radius 2 is 2.12 bits per heavy atom. The maximum atomic E-state index is 5.24. The van der Waals surface area contributed by atoms with Crippen LogP contribution in [0, 0.1) is 0 Å². The quantitative estimate of drug-likeness (QED) is 0.672. The number of hydrogen-bond donors (Lipinski definition) is 0. The first-order valence-electron chi connectivity index (χ1n) is 5.31. The molecular weight excluding hydrogens is 214 g/mol. The highest BCUT2D eigenvalue weighted by atomic mass is 16.5. The van der Waals surface area contributed by atoms with Gasteiger partial charge in [-0.1, -0.05) is 6.07 Å². The van der Waals surface area contributed by atoms with Gasteiger partial charge in [0.25, 0.3) is 0 Å². The molecule has 0 aliphatic heterocycles. The lowest BCUT2D eigenvalue weighted by Crippen LogP contribution is -1.90. The van der Waals surface area contributed by atoms with Crippen molar-refractivity contribution in [2.75, 3.05) is 7.11 Å². The van der Waals surface area contributed by atoms with Crippen LogP contribution in [0.5, 0.6) is 5.88 Å². The number of pyridine rings is 2. The smallest absolute Gasteiger partial charge is 0.222 e. The van der Waals surface area contributed by atoms with Gasteiger partial charge in [-0.3, -0.25) is 0 Å². The van der Waals surface area contributed by atoms with Crippen LogP contribution in [0.25, 0.3) is 16.9 Å². The maximum absolute atomic E-state index is 5.24. The fraction of sp³-hybridized carbons (Fsp3) is 0.0769. The minimum Gasteiger partial charge on any atom is -0.481 e. The van der Waals surface area contributed by atoms with Crippen molar-refractivity contribution >= 4 is 5.65 Å². The summed E-state index contributed by atoms with van der Waals surface area (Å²) in [5, 5.41) is 0. The van der Waals surface area contributed by atoms with E-state index in [1.807, 2.05) is 47.1 Å². The van der Waals surface area contributed by atoms with Gasteiger partial charge in [0.05, 0.1) is 18.4 Å². The fourth-order valence-corrected chi connectivity index (χ4v) is 1.81. The summed E-state index contributed by atoms with van der Waals surface area (Å²) in [4.78, 5) is 8.71. The third-order valence-electron chi connectivity index (χ3n) is 2.60. The molecule has 0 atom stereocenters. The first kappa shape index (κ1) is 9.84. The highest BCUT2D eigenvalue weighted by molar-refractivity contribution is 5.67. The molecule has 3 aromatic rings. The molecule has 0 N–H and O–H groups in total. The van der Waals surface area contributed by atoms with Gasteiger partial charge < -0.3 is 9.14 Å². The Morgan fingerprint density at radius 1 is 1.18 bits per heavy atom. The lowest BCUT2D eigenvalue weighted by molar-refractivity contribution is 0.399. The van der Waals surface area contributed by atoms with Crippen molar-refractivity contribution in [2.24, 2.45) is 0 Å². The van der Waals surface area contributed by atoms with Crippen LogP contribution < -0.4 is 4.74 Å². The molecule has 0 aromatic carbocycles. The molecule has 4 nitrogen and oxygen atoms in total. The Kier molecular flexibility index (Phi) is 2.26. The number of nitrogens with zero attached hydrogens (tertiary/aromatic N) is 3. The summed E-state index contributed by atoms with van der Waals surface area (Å²) >= 11 is 0. The molecule has 3 heterocycles. The van der Waals surface area contributed by atoms with Crippen molar-refractivity contribution in [1.82, 2.24) is 14.4 Å². The third kappa shape index (κ3) is 1.63. The van der Waals surface area contributed by atoms with Gasteiger partial charge in [0.2, 0.25) is 5.88 Å². The highest BCUT2D eigenvalue weighted by Gasteiger charge is 2.09. The number of hydrogen-bond acceptors (Lipinski definition) is 3. The monoisotopic (exact) mass is 225 g/mol. The molecule has 17 heavy (non-hydrogen) atoms. The summed E-state index contributed by atoms with van der Waals surface area (Å²) in [6, 6.07) is 9.73. The van der Waals surface area contributed by atoms with E-state index < -0.39 is 0 Å². The van der Waals surface area contributed by atoms with Crippen LogP contribution in [0.2, 0.25) is 0 Å². The normalized spacial score (nSPS) is 10.6. The van der Waals surface area contributed by atoms with E-state index in [0.29, 0.717) is 5.88 Å². The lowest BCUT2D eigenvalue weighted by atomic mass is 10.2. The predicted molar refractivity (Wildman–Crippen MR) is 65.0 cm³/mol. The zero-order chi connectivity index (χ0) is 11.7. The number of aromatic nitrogens is 3. The second-order valence-corrected chi connectivity index (χ2v) is 3.65. The summed E-state index contributed by atoms with van der Waals surface area (Å²) in [6.45, 7) is 0. The van der Waals surface area contributed by atoms with Gasteiger partial charge in [0.15, 0.2) is 0 Å². The first-order valence-corrected chi connectivity index (χ1v) is 5.31. The Hall–Kier alpha value is -2.36. The molecule has 0 fully saturated rings. The molecule has 0 spiro atoms. The molecule has 0 radical (unpaired) electrons. The van der Waals surface area contributed by atoms with E-state index in [-0.39, 0.29) is 0 Å². The fourth-order valence-electron chi connectivity index (χ4n) is 1.81. The molecule has 0 unspecified atom stereocenters. The van der Waals surface area contributed by atoms with Gasteiger partial charge in [0.1, 0.15) is 5.65 Å². The summed E-state index contributed by atoms with van der Waals surface area (Å²) in [7, 11) is 1.61. The van der Waals surface area contributed by atoms with E-state index in [2.05, 4.69) is 9.97 Å². The van der Waals surface area contributed by atoms with Crippen molar-refractivity contribution in [3.05, 3.63) is 48.9 Å². The van der Waals surface area contributed by atoms with E-state index in [1.165, 1.54) is 0 Å². The van der Waals surface area contributed by atoms with Gasteiger partial charge in [-0.05, 0) is 24.3 Å². The Labute approximate surface area is 98.5 Å². The summed E-state index contributed by atoms with van der Waals surface area (Å²) in [5.41, 5.74) is 2.67. The second kappa shape index (κ2) is 3.90. The standard InChI is InChI=1S/C13H11N3O/c1-17-13-10(5-4-7-14-13)11-9-16-8-3-2-6-12(16)15-11/h2-9H,1H3. The van der Waals surface area contributed by atoms with E-state index in [1.54, 1.807) is 13.3 Å². The average Bonchev–Trinajstić information content (AvgIpc) is 2.82. The van der Waals surface area contributed by atoms with Crippen LogP contribution in [-0.2, 0) is 0 Å². The molecule has 84 valence electrons.